The molecule has 1 N–H and O–H groups in total. The van der Waals surface area contributed by atoms with Crippen molar-refractivity contribution >= 4 is 6.29 Å². The molecule has 0 aliphatic heterocycles. The number of rotatable bonds is 3. The number of aromatic hydroxyl groups is 1. The highest BCUT2D eigenvalue weighted by molar-refractivity contribution is 5.89. The summed E-state index contributed by atoms with van der Waals surface area (Å²) in [6.07, 6.45) is 0.790. The van der Waals surface area contributed by atoms with E-state index in [1.54, 1.807) is 18.2 Å². The van der Waals surface area contributed by atoms with Gasteiger partial charge in [-0.25, -0.2) is 0 Å². The Bertz CT molecular complexity index is 588. The van der Waals surface area contributed by atoms with Crippen molar-refractivity contribution < 1.29 is 14.6 Å². The van der Waals surface area contributed by atoms with E-state index in [-0.39, 0.29) is 5.75 Å². The maximum Gasteiger partial charge on any atom is 0.150 e. The van der Waals surface area contributed by atoms with Gasteiger partial charge in [-0.2, -0.15) is 0 Å². The number of methoxy groups -OCH3 is 1. The van der Waals surface area contributed by atoms with Gasteiger partial charge in [0, 0.05) is 17.2 Å². The molecule has 0 atom stereocenters. The zero-order valence-electron chi connectivity index (χ0n) is 10.3. The number of phenolic OH excluding ortho intramolecular Hbond substituents is 1. The summed E-state index contributed by atoms with van der Waals surface area (Å²) >= 11 is 0. The van der Waals surface area contributed by atoms with Crippen LogP contribution in [0.15, 0.2) is 36.4 Å². The minimum atomic E-state index is 0.100. The lowest BCUT2D eigenvalue weighted by Gasteiger charge is -2.10. The molecule has 0 unspecified atom stereocenters. The van der Waals surface area contributed by atoms with Gasteiger partial charge in [-0.1, -0.05) is 23.8 Å². The van der Waals surface area contributed by atoms with E-state index in [9.17, 15) is 9.90 Å². The second kappa shape index (κ2) is 4.92. The maximum atomic E-state index is 11.0. The van der Waals surface area contributed by atoms with Crippen molar-refractivity contribution in [1.29, 1.82) is 0 Å². The summed E-state index contributed by atoms with van der Waals surface area (Å²) in [6.45, 7) is 1.94. The number of ether oxygens (including phenoxy) is 1. The fourth-order valence-corrected chi connectivity index (χ4v) is 1.87. The largest absolute Gasteiger partial charge is 0.507 e. The second-order valence-corrected chi connectivity index (χ2v) is 4.09. The van der Waals surface area contributed by atoms with Gasteiger partial charge >= 0.3 is 0 Å². The molecule has 0 saturated carbocycles. The number of aryl methyl sites for hydroxylation is 1. The first-order valence-corrected chi connectivity index (χ1v) is 5.59. The molecule has 2 rings (SSSR count). The third kappa shape index (κ3) is 2.20. The molecule has 0 amide bonds. The molecule has 92 valence electrons. The highest BCUT2D eigenvalue weighted by atomic mass is 16.5. The van der Waals surface area contributed by atoms with Crippen LogP contribution in [-0.2, 0) is 0 Å². The first-order valence-electron chi connectivity index (χ1n) is 5.59. The summed E-state index contributed by atoms with van der Waals surface area (Å²) in [4.78, 5) is 11.0. The number of carbonyl (C=O) groups is 1. The number of hydrogen-bond donors (Lipinski definition) is 1. The van der Waals surface area contributed by atoms with Gasteiger partial charge in [0.15, 0.2) is 6.29 Å². The topological polar surface area (TPSA) is 46.5 Å². The summed E-state index contributed by atoms with van der Waals surface area (Å²) < 4.78 is 5.04. The summed E-state index contributed by atoms with van der Waals surface area (Å²) in [5.74, 6) is 0.680. The minimum Gasteiger partial charge on any atom is -0.507 e. The van der Waals surface area contributed by atoms with Crippen LogP contribution in [0, 0.1) is 6.92 Å². The molecule has 0 aromatic heterocycles. The quantitative estimate of drug-likeness (QED) is 0.841. The molecule has 3 nitrogen and oxygen atoms in total. The van der Waals surface area contributed by atoms with E-state index < -0.39 is 0 Å². The van der Waals surface area contributed by atoms with E-state index in [1.165, 1.54) is 13.2 Å². The Hall–Kier alpha value is -2.29. The smallest absolute Gasteiger partial charge is 0.150 e. The van der Waals surface area contributed by atoms with Crippen LogP contribution in [0.1, 0.15) is 15.9 Å². The zero-order chi connectivity index (χ0) is 13.1. The number of aldehydes is 1. The molecule has 0 fully saturated rings. The molecule has 0 saturated heterocycles. The van der Waals surface area contributed by atoms with Crippen LogP contribution in [0.4, 0.5) is 0 Å². The van der Waals surface area contributed by atoms with Crippen LogP contribution in [-0.4, -0.2) is 18.5 Å². The molecular formula is C15H14O3. The van der Waals surface area contributed by atoms with E-state index in [4.69, 9.17) is 4.74 Å². The average Bonchev–Trinajstić information content (AvgIpc) is 2.38. The third-order valence-electron chi connectivity index (χ3n) is 2.83. The van der Waals surface area contributed by atoms with Crippen molar-refractivity contribution in [1.82, 2.24) is 0 Å². The lowest BCUT2D eigenvalue weighted by Crippen LogP contribution is -1.90. The van der Waals surface area contributed by atoms with Crippen molar-refractivity contribution in [2.45, 2.75) is 6.92 Å². The van der Waals surface area contributed by atoms with Crippen molar-refractivity contribution in [2.75, 3.05) is 7.11 Å². The first kappa shape index (κ1) is 12.2. The van der Waals surface area contributed by atoms with Crippen LogP contribution in [0.3, 0.4) is 0 Å². The first-order chi connectivity index (χ1) is 8.65. The maximum absolute atomic E-state index is 11.0. The predicted molar refractivity (Wildman–Crippen MR) is 70.2 cm³/mol. The summed E-state index contributed by atoms with van der Waals surface area (Å²) in [5, 5.41) is 9.99. The minimum absolute atomic E-state index is 0.100. The van der Waals surface area contributed by atoms with E-state index >= 15 is 0 Å². The van der Waals surface area contributed by atoms with Crippen LogP contribution in [0.25, 0.3) is 11.1 Å². The second-order valence-electron chi connectivity index (χ2n) is 4.09. The Balaban J connectivity index is 2.61. The van der Waals surface area contributed by atoms with Gasteiger partial charge in [0.2, 0.25) is 0 Å². The molecule has 3 heteroatoms. The lowest BCUT2D eigenvalue weighted by atomic mass is 9.97. The highest BCUT2D eigenvalue weighted by Gasteiger charge is 2.10. The Kier molecular flexibility index (Phi) is 3.33. The fourth-order valence-electron chi connectivity index (χ4n) is 1.87. The van der Waals surface area contributed by atoms with Crippen LogP contribution >= 0.6 is 0 Å². The molecule has 2 aromatic carbocycles. The Labute approximate surface area is 106 Å². The molecule has 0 aliphatic rings. The van der Waals surface area contributed by atoms with Gasteiger partial charge in [-0.3, -0.25) is 4.79 Å². The fraction of sp³-hybridized carbons (Fsp3) is 0.133. The SMILES string of the molecule is COc1ccc(-c2cc(C)ccc2C=O)c(O)c1. The molecule has 0 radical (unpaired) electrons. The average molecular weight is 242 g/mol. The monoisotopic (exact) mass is 242 g/mol. The number of carbonyl (C=O) groups excluding carboxylic acids is 1. The Morgan fingerprint density at radius 2 is 1.89 bits per heavy atom. The standard InChI is InChI=1S/C15H14O3/c1-10-3-4-11(9-16)14(7-10)13-6-5-12(18-2)8-15(13)17/h3-9,17H,1-2H3. The molecule has 0 bridgehead atoms. The van der Waals surface area contributed by atoms with Crippen molar-refractivity contribution in [3.63, 3.8) is 0 Å². The van der Waals surface area contributed by atoms with E-state index in [1.807, 2.05) is 19.1 Å². The van der Waals surface area contributed by atoms with Gasteiger partial charge in [0.05, 0.1) is 7.11 Å². The van der Waals surface area contributed by atoms with Crippen molar-refractivity contribution in [3.8, 4) is 22.6 Å². The number of phenols is 1. The van der Waals surface area contributed by atoms with E-state index in [2.05, 4.69) is 0 Å². The van der Waals surface area contributed by atoms with Crippen molar-refractivity contribution in [3.05, 3.63) is 47.5 Å². The van der Waals surface area contributed by atoms with Crippen LogP contribution in [0.5, 0.6) is 11.5 Å². The summed E-state index contributed by atoms with van der Waals surface area (Å²) in [5.41, 5.74) is 2.94. The van der Waals surface area contributed by atoms with E-state index in [0.29, 0.717) is 16.9 Å². The molecule has 0 aliphatic carbocycles. The Morgan fingerprint density at radius 1 is 1.11 bits per heavy atom. The van der Waals surface area contributed by atoms with Gasteiger partial charge < -0.3 is 9.84 Å². The zero-order valence-corrected chi connectivity index (χ0v) is 10.3. The molecule has 2 aromatic rings. The Morgan fingerprint density at radius 3 is 2.50 bits per heavy atom. The molecular weight excluding hydrogens is 228 g/mol. The van der Waals surface area contributed by atoms with Crippen LogP contribution in [0.2, 0.25) is 0 Å². The number of benzene rings is 2. The highest BCUT2D eigenvalue weighted by Crippen LogP contribution is 2.34. The predicted octanol–water partition coefficient (Wildman–Crippen LogP) is 3.19. The normalized spacial score (nSPS) is 10.1. The lowest BCUT2D eigenvalue weighted by molar-refractivity contribution is 0.112. The number of hydrogen-bond acceptors (Lipinski definition) is 3. The van der Waals surface area contributed by atoms with Gasteiger partial charge in [-0.05, 0) is 24.6 Å². The van der Waals surface area contributed by atoms with E-state index in [0.717, 1.165) is 17.4 Å². The van der Waals surface area contributed by atoms with Gasteiger partial charge in [-0.15, -0.1) is 0 Å². The molecule has 0 heterocycles. The van der Waals surface area contributed by atoms with Gasteiger partial charge in [0.1, 0.15) is 11.5 Å². The van der Waals surface area contributed by atoms with Gasteiger partial charge in [0.25, 0.3) is 0 Å². The van der Waals surface area contributed by atoms with Crippen LogP contribution < -0.4 is 4.74 Å². The third-order valence-corrected chi connectivity index (χ3v) is 2.83. The van der Waals surface area contributed by atoms with Crippen molar-refractivity contribution in [2.24, 2.45) is 0 Å². The molecule has 0 spiro atoms. The summed E-state index contributed by atoms with van der Waals surface area (Å²) in [7, 11) is 1.54. The summed E-state index contributed by atoms with van der Waals surface area (Å²) in [6, 6.07) is 10.5. The molecule has 18 heavy (non-hydrogen) atoms.